The number of benzene rings is 1. The second kappa shape index (κ2) is 6.50. The van der Waals surface area contributed by atoms with Gasteiger partial charge in [-0.3, -0.25) is 14.4 Å². The fraction of sp³-hybridized carbons (Fsp3) is 0.526. The number of carbonyl (C=O) groups excluding carboxylic acids is 2. The van der Waals surface area contributed by atoms with Crippen molar-refractivity contribution in [2.24, 2.45) is 17.3 Å². The van der Waals surface area contributed by atoms with E-state index in [1.165, 1.54) is 0 Å². The molecular weight excluding hydrogens is 320 g/mol. The first-order valence-electron chi connectivity index (χ1n) is 8.75. The number of hydrogen-bond acceptors (Lipinski definition) is 3. The highest BCUT2D eigenvalue weighted by molar-refractivity contribution is 6.00. The Hall–Kier alpha value is -2.37. The maximum Gasteiger partial charge on any atom is 0.307 e. The van der Waals surface area contributed by atoms with Crippen LogP contribution in [-0.4, -0.2) is 28.9 Å². The van der Waals surface area contributed by atoms with E-state index < -0.39 is 23.2 Å². The summed E-state index contributed by atoms with van der Waals surface area (Å²) in [4.78, 5) is 35.7. The molecule has 0 aliphatic heterocycles. The van der Waals surface area contributed by atoms with E-state index in [2.05, 4.69) is 10.6 Å². The zero-order valence-electron chi connectivity index (χ0n) is 14.5. The highest BCUT2D eigenvalue weighted by atomic mass is 16.4. The number of carboxylic acids is 1. The van der Waals surface area contributed by atoms with Crippen molar-refractivity contribution >= 4 is 23.5 Å². The van der Waals surface area contributed by atoms with Crippen molar-refractivity contribution in [2.45, 2.75) is 45.6 Å². The van der Waals surface area contributed by atoms with Crippen LogP contribution in [0, 0.1) is 17.3 Å². The quantitative estimate of drug-likeness (QED) is 0.765. The van der Waals surface area contributed by atoms with Crippen LogP contribution in [-0.2, 0) is 9.59 Å². The van der Waals surface area contributed by atoms with Gasteiger partial charge in [0, 0.05) is 17.3 Å². The molecular formula is C19H24N2O4. The molecule has 0 aromatic heterocycles. The molecule has 0 bridgehead atoms. The van der Waals surface area contributed by atoms with E-state index in [1.54, 1.807) is 38.1 Å². The third-order valence-corrected chi connectivity index (χ3v) is 5.48. The second-order valence-electron chi connectivity index (χ2n) is 7.64. The molecule has 0 saturated heterocycles. The summed E-state index contributed by atoms with van der Waals surface area (Å²) < 4.78 is 0. The van der Waals surface area contributed by atoms with Gasteiger partial charge in [-0.05, 0) is 42.5 Å². The van der Waals surface area contributed by atoms with Crippen LogP contribution in [0.15, 0.2) is 24.3 Å². The molecule has 2 aliphatic rings. The lowest BCUT2D eigenvalue weighted by Gasteiger charge is -2.12. The van der Waals surface area contributed by atoms with Crippen LogP contribution in [0.2, 0.25) is 0 Å². The molecule has 3 N–H and O–H groups in total. The molecule has 2 aliphatic carbocycles. The normalized spacial score (nSPS) is 24.6. The van der Waals surface area contributed by atoms with Crippen molar-refractivity contribution < 1.29 is 19.5 Å². The lowest BCUT2D eigenvalue weighted by molar-refractivity contribution is -0.140. The number of carbonyl (C=O) groups is 3. The van der Waals surface area contributed by atoms with Crippen molar-refractivity contribution in [2.75, 3.05) is 5.32 Å². The molecule has 6 nitrogen and oxygen atoms in total. The fourth-order valence-corrected chi connectivity index (χ4v) is 3.85. The summed E-state index contributed by atoms with van der Waals surface area (Å²) >= 11 is 0. The van der Waals surface area contributed by atoms with Gasteiger partial charge in [0.05, 0.1) is 11.8 Å². The molecule has 6 heteroatoms. The summed E-state index contributed by atoms with van der Waals surface area (Å²) in [6, 6.07) is 6.95. The van der Waals surface area contributed by atoms with Gasteiger partial charge in [-0.25, -0.2) is 0 Å². The topological polar surface area (TPSA) is 95.5 Å². The highest BCUT2D eigenvalue weighted by Gasteiger charge is 2.65. The van der Waals surface area contributed by atoms with E-state index in [1.807, 2.05) is 0 Å². The Bertz CT molecular complexity index is 690. The maximum absolute atomic E-state index is 12.3. The Morgan fingerprint density at radius 3 is 2.16 bits per heavy atom. The van der Waals surface area contributed by atoms with Gasteiger partial charge in [-0.2, -0.15) is 0 Å². The summed E-state index contributed by atoms with van der Waals surface area (Å²) in [6.45, 7) is 3.57. The largest absolute Gasteiger partial charge is 0.481 e. The Balaban J connectivity index is 1.58. The SMILES string of the molecule is CC1(C)[C@@H](C(=O)O)[C@@H]1C(=O)Nc1ccc(C(=O)NC2CCCC2)cc1. The van der Waals surface area contributed by atoms with Crippen molar-refractivity contribution in [1.29, 1.82) is 0 Å². The monoisotopic (exact) mass is 344 g/mol. The average Bonchev–Trinajstić information content (AvgIpc) is 2.89. The highest BCUT2D eigenvalue weighted by Crippen LogP contribution is 2.58. The van der Waals surface area contributed by atoms with Crippen LogP contribution in [0.5, 0.6) is 0 Å². The minimum Gasteiger partial charge on any atom is -0.481 e. The minimum absolute atomic E-state index is 0.0981. The van der Waals surface area contributed by atoms with E-state index in [4.69, 9.17) is 5.11 Å². The van der Waals surface area contributed by atoms with E-state index >= 15 is 0 Å². The first-order chi connectivity index (χ1) is 11.8. The van der Waals surface area contributed by atoms with Crippen molar-refractivity contribution in [3.8, 4) is 0 Å². The molecule has 0 spiro atoms. The summed E-state index contributed by atoms with van der Waals surface area (Å²) in [5, 5.41) is 14.9. The molecule has 2 atom stereocenters. The summed E-state index contributed by atoms with van der Waals surface area (Å²) in [5.74, 6) is -2.51. The fourth-order valence-electron chi connectivity index (χ4n) is 3.85. The van der Waals surface area contributed by atoms with Crippen LogP contribution < -0.4 is 10.6 Å². The molecule has 1 aromatic carbocycles. The van der Waals surface area contributed by atoms with Gasteiger partial charge < -0.3 is 15.7 Å². The summed E-state index contributed by atoms with van der Waals surface area (Å²) in [6.07, 6.45) is 4.37. The van der Waals surface area contributed by atoms with Gasteiger partial charge in [-0.1, -0.05) is 26.7 Å². The molecule has 3 rings (SSSR count). The standard InChI is InChI=1S/C19H24N2O4/c1-19(2)14(15(19)18(24)25)17(23)21-13-9-7-11(8-10-13)16(22)20-12-5-3-4-6-12/h7-10,12,14-15H,3-6H2,1-2H3,(H,20,22)(H,21,23)(H,24,25)/t14-,15-/m1/s1. The molecule has 0 unspecified atom stereocenters. The predicted molar refractivity (Wildman–Crippen MR) is 93.2 cm³/mol. The second-order valence-corrected chi connectivity index (χ2v) is 7.64. The first-order valence-corrected chi connectivity index (χ1v) is 8.75. The minimum atomic E-state index is -0.941. The Morgan fingerprint density at radius 2 is 1.64 bits per heavy atom. The predicted octanol–water partition coefficient (Wildman–Crippen LogP) is 2.65. The van der Waals surface area contributed by atoms with Crippen LogP contribution in [0.4, 0.5) is 5.69 Å². The van der Waals surface area contributed by atoms with Gasteiger partial charge >= 0.3 is 5.97 Å². The third-order valence-electron chi connectivity index (χ3n) is 5.48. The van der Waals surface area contributed by atoms with Crippen molar-refractivity contribution in [1.82, 2.24) is 5.32 Å². The number of carboxylic acid groups (broad SMARTS) is 1. The van der Waals surface area contributed by atoms with Crippen LogP contribution >= 0.6 is 0 Å². The molecule has 2 fully saturated rings. The van der Waals surface area contributed by atoms with Gasteiger partial charge in [0.2, 0.25) is 5.91 Å². The Morgan fingerprint density at radius 1 is 1.04 bits per heavy atom. The van der Waals surface area contributed by atoms with Crippen LogP contribution in [0.1, 0.15) is 49.9 Å². The molecule has 2 amide bonds. The van der Waals surface area contributed by atoms with Gasteiger partial charge in [0.25, 0.3) is 5.91 Å². The van der Waals surface area contributed by atoms with Crippen molar-refractivity contribution in [3.63, 3.8) is 0 Å². The molecule has 1 aromatic rings. The van der Waals surface area contributed by atoms with Gasteiger partial charge in [0.15, 0.2) is 0 Å². The number of rotatable bonds is 5. The molecule has 134 valence electrons. The van der Waals surface area contributed by atoms with Gasteiger partial charge in [0.1, 0.15) is 0 Å². The average molecular weight is 344 g/mol. The number of hydrogen-bond donors (Lipinski definition) is 3. The molecule has 25 heavy (non-hydrogen) atoms. The number of amides is 2. The molecule has 0 heterocycles. The number of aliphatic carboxylic acids is 1. The maximum atomic E-state index is 12.3. The molecule has 0 radical (unpaired) electrons. The van der Waals surface area contributed by atoms with E-state index in [0.717, 1.165) is 25.7 Å². The van der Waals surface area contributed by atoms with Crippen LogP contribution in [0.25, 0.3) is 0 Å². The third kappa shape index (κ3) is 3.52. The van der Waals surface area contributed by atoms with E-state index in [-0.39, 0.29) is 17.9 Å². The lowest BCUT2D eigenvalue weighted by atomic mass is 10.1. The Kier molecular flexibility index (Phi) is 4.54. The smallest absolute Gasteiger partial charge is 0.307 e. The zero-order chi connectivity index (χ0) is 18.2. The Labute approximate surface area is 147 Å². The summed E-state index contributed by atoms with van der Waals surface area (Å²) in [5.41, 5.74) is 0.589. The first kappa shape index (κ1) is 17.5. The van der Waals surface area contributed by atoms with E-state index in [9.17, 15) is 14.4 Å². The van der Waals surface area contributed by atoms with Gasteiger partial charge in [-0.15, -0.1) is 0 Å². The zero-order valence-corrected chi connectivity index (χ0v) is 14.5. The lowest BCUT2D eigenvalue weighted by Crippen LogP contribution is -2.32. The van der Waals surface area contributed by atoms with E-state index in [0.29, 0.717) is 11.3 Å². The van der Waals surface area contributed by atoms with Crippen LogP contribution in [0.3, 0.4) is 0 Å². The number of anilines is 1. The number of nitrogens with one attached hydrogen (secondary N) is 2. The summed E-state index contributed by atoms with van der Waals surface area (Å²) in [7, 11) is 0. The molecule has 2 saturated carbocycles. The van der Waals surface area contributed by atoms with Crippen molar-refractivity contribution in [3.05, 3.63) is 29.8 Å².